The number of likely N-dealkylation sites (tertiary alicyclic amines) is 1. The van der Waals surface area contributed by atoms with Crippen LogP contribution in [0.1, 0.15) is 30.1 Å². The largest absolute Gasteiger partial charge is 0.478 e. The maximum Gasteiger partial charge on any atom is 0.337 e. The van der Waals surface area contributed by atoms with Crippen LogP contribution in [0, 0.1) is 5.92 Å². The van der Waals surface area contributed by atoms with Crippen LogP contribution >= 0.6 is 15.9 Å². The Morgan fingerprint density at radius 2 is 2.20 bits per heavy atom. The second-order valence-corrected chi connectivity index (χ2v) is 5.95. The van der Waals surface area contributed by atoms with Gasteiger partial charge in [0.25, 0.3) is 0 Å². The SMILES string of the molecule is CC1CCCN(C(=O)Nc2c(Br)cccc2C(=O)O)C1. The zero-order chi connectivity index (χ0) is 14.7. The van der Waals surface area contributed by atoms with E-state index in [4.69, 9.17) is 5.11 Å². The van der Waals surface area contributed by atoms with Gasteiger partial charge in [0.05, 0.1) is 11.3 Å². The fraction of sp³-hybridized carbons (Fsp3) is 0.429. The van der Waals surface area contributed by atoms with E-state index in [0.29, 0.717) is 29.2 Å². The van der Waals surface area contributed by atoms with Crippen molar-refractivity contribution in [3.05, 3.63) is 28.2 Å². The summed E-state index contributed by atoms with van der Waals surface area (Å²) in [6, 6.07) is 4.57. The lowest BCUT2D eigenvalue weighted by Gasteiger charge is -2.31. The van der Waals surface area contributed by atoms with Crippen LogP contribution in [0.5, 0.6) is 0 Å². The maximum atomic E-state index is 12.2. The summed E-state index contributed by atoms with van der Waals surface area (Å²) in [7, 11) is 0. The number of halogens is 1. The highest BCUT2D eigenvalue weighted by molar-refractivity contribution is 9.10. The fourth-order valence-electron chi connectivity index (χ4n) is 2.39. The van der Waals surface area contributed by atoms with Crippen LogP contribution < -0.4 is 5.32 Å². The number of anilines is 1. The number of rotatable bonds is 2. The molecule has 0 aliphatic carbocycles. The first-order valence-electron chi connectivity index (χ1n) is 6.56. The fourth-order valence-corrected chi connectivity index (χ4v) is 2.85. The Labute approximate surface area is 126 Å². The minimum absolute atomic E-state index is 0.0813. The van der Waals surface area contributed by atoms with Gasteiger partial charge < -0.3 is 15.3 Å². The monoisotopic (exact) mass is 340 g/mol. The number of para-hydroxylation sites is 1. The van der Waals surface area contributed by atoms with Crippen molar-refractivity contribution in [2.45, 2.75) is 19.8 Å². The first-order chi connectivity index (χ1) is 9.49. The van der Waals surface area contributed by atoms with Crippen molar-refractivity contribution in [3.8, 4) is 0 Å². The number of urea groups is 1. The minimum atomic E-state index is -1.06. The van der Waals surface area contributed by atoms with E-state index in [1.807, 2.05) is 0 Å². The average molecular weight is 341 g/mol. The van der Waals surface area contributed by atoms with Gasteiger partial charge in [0.2, 0.25) is 0 Å². The van der Waals surface area contributed by atoms with Crippen molar-refractivity contribution in [2.24, 2.45) is 5.92 Å². The summed E-state index contributed by atoms with van der Waals surface area (Å²) in [5, 5.41) is 11.9. The van der Waals surface area contributed by atoms with E-state index >= 15 is 0 Å². The standard InChI is InChI=1S/C14H17BrN2O3/c1-9-4-3-7-17(8-9)14(20)16-12-10(13(18)19)5-2-6-11(12)15/h2,5-6,9H,3-4,7-8H2,1H3,(H,16,20)(H,18,19). The molecule has 0 radical (unpaired) electrons. The van der Waals surface area contributed by atoms with Crippen LogP contribution in [0.4, 0.5) is 10.5 Å². The lowest BCUT2D eigenvalue weighted by atomic mass is 10.0. The van der Waals surface area contributed by atoms with Gasteiger partial charge in [0, 0.05) is 17.6 Å². The number of aromatic carboxylic acids is 1. The molecular weight excluding hydrogens is 324 g/mol. The number of hydrogen-bond donors (Lipinski definition) is 2. The highest BCUT2D eigenvalue weighted by Crippen LogP contribution is 2.27. The third kappa shape index (κ3) is 3.30. The highest BCUT2D eigenvalue weighted by Gasteiger charge is 2.23. The summed E-state index contributed by atoms with van der Waals surface area (Å²) in [4.78, 5) is 25.2. The van der Waals surface area contributed by atoms with Gasteiger partial charge in [-0.05, 0) is 46.8 Å². The molecule has 1 atom stereocenters. The lowest BCUT2D eigenvalue weighted by molar-refractivity contribution is 0.0698. The Balaban J connectivity index is 2.17. The topological polar surface area (TPSA) is 69.6 Å². The van der Waals surface area contributed by atoms with Gasteiger partial charge in [-0.15, -0.1) is 0 Å². The van der Waals surface area contributed by atoms with Crippen molar-refractivity contribution in [2.75, 3.05) is 18.4 Å². The Hall–Kier alpha value is -1.56. The molecule has 5 nitrogen and oxygen atoms in total. The van der Waals surface area contributed by atoms with Gasteiger partial charge >= 0.3 is 12.0 Å². The molecule has 0 aromatic heterocycles. The molecule has 1 fully saturated rings. The van der Waals surface area contributed by atoms with Crippen LogP contribution in [0.2, 0.25) is 0 Å². The summed E-state index contributed by atoms with van der Waals surface area (Å²) in [5.41, 5.74) is 0.390. The molecule has 2 amide bonds. The van der Waals surface area contributed by atoms with Gasteiger partial charge in [-0.2, -0.15) is 0 Å². The molecule has 1 aliphatic heterocycles. The highest BCUT2D eigenvalue weighted by atomic mass is 79.9. The van der Waals surface area contributed by atoms with Crippen molar-refractivity contribution in [3.63, 3.8) is 0 Å². The molecule has 1 aromatic rings. The molecule has 1 unspecified atom stereocenters. The number of amides is 2. The normalized spacial score (nSPS) is 18.7. The molecule has 2 N–H and O–H groups in total. The van der Waals surface area contributed by atoms with Crippen molar-refractivity contribution < 1.29 is 14.7 Å². The number of carbonyl (C=O) groups is 2. The van der Waals surface area contributed by atoms with Crippen molar-refractivity contribution in [1.82, 2.24) is 4.90 Å². The number of benzene rings is 1. The molecule has 0 saturated carbocycles. The first kappa shape index (κ1) is 14.8. The van der Waals surface area contributed by atoms with Gasteiger partial charge in [0.1, 0.15) is 0 Å². The summed E-state index contributed by atoms with van der Waals surface area (Å²) in [6.07, 6.45) is 2.11. The Morgan fingerprint density at radius 3 is 2.85 bits per heavy atom. The van der Waals surface area contributed by atoms with Crippen LogP contribution in [-0.2, 0) is 0 Å². The molecule has 20 heavy (non-hydrogen) atoms. The molecule has 1 saturated heterocycles. The number of hydrogen-bond acceptors (Lipinski definition) is 2. The quantitative estimate of drug-likeness (QED) is 0.866. The van der Waals surface area contributed by atoms with E-state index in [9.17, 15) is 9.59 Å². The number of carboxylic acids is 1. The summed E-state index contributed by atoms with van der Waals surface area (Å²) < 4.78 is 0.566. The molecule has 108 valence electrons. The lowest BCUT2D eigenvalue weighted by Crippen LogP contribution is -2.41. The van der Waals surface area contributed by atoms with Gasteiger partial charge in [0.15, 0.2) is 0 Å². The molecule has 0 bridgehead atoms. The zero-order valence-corrected chi connectivity index (χ0v) is 12.8. The van der Waals surface area contributed by atoms with Gasteiger partial charge in [-0.25, -0.2) is 9.59 Å². The first-order valence-corrected chi connectivity index (χ1v) is 7.36. The van der Waals surface area contributed by atoms with Crippen LogP contribution in [0.15, 0.2) is 22.7 Å². The minimum Gasteiger partial charge on any atom is -0.478 e. The summed E-state index contributed by atoms with van der Waals surface area (Å²) in [6.45, 7) is 3.53. The third-order valence-corrected chi connectivity index (χ3v) is 4.08. The van der Waals surface area contributed by atoms with Crippen molar-refractivity contribution in [1.29, 1.82) is 0 Å². The predicted octanol–water partition coefficient (Wildman–Crippen LogP) is 3.41. The Morgan fingerprint density at radius 1 is 1.45 bits per heavy atom. The van der Waals surface area contributed by atoms with E-state index in [1.54, 1.807) is 17.0 Å². The molecule has 1 aliphatic rings. The van der Waals surface area contributed by atoms with Gasteiger partial charge in [-0.1, -0.05) is 13.0 Å². The number of carbonyl (C=O) groups excluding carboxylic acids is 1. The molecule has 2 rings (SSSR count). The van der Waals surface area contributed by atoms with Crippen LogP contribution in [-0.4, -0.2) is 35.1 Å². The smallest absolute Gasteiger partial charge is 0.337 e. The van der Waals surface area contributed by atoms with E-state index in [-0.39, 0.29) is 11.6 Å². The maximum absolute atomic E-state index is 12.2. The second-order valence-electron chi connectivity index (χ2n) is 5.09. The number of carboxylic acid groups (broad SMARTS) is 1. The molecule has 1 heterocycles. The predicted molar refractivity (Wildman–Crippen MR) is 80.1 cm³/mol. The molecule has 6 heteroatoms. The van der Waals surface area contributed by atoms with Gasteiger partial charge in [-0.3, -0.25) is 0 Å². The van der Waals surface area contributed by atoms with Crippen LogP contribution in [0.25, 0.3) is 0 Å². The second kappa shape index (κ2) is 6.26. The average Bonchev–Trinajstić information content (AvgIpc) is 2.40. The number of nitrogens with zero attached hydrogens (tertiary/aromatic N) is 1. The Bertz CT molecular complexity index is 533. The zero-order valence-electron chi connectivity index (χ0n) is 11.2. The third-order valence-electron chi connectivity index (χ3n) is 3.42. The number of nitrogens with one attached hydrogen (secondary N) is 1. The van der Waals surface area contributed by atoms with E-state index < -0.39 is 5.97 Å². The summed E-state index contributed by atoms with van der Waals surface area (Å²) >= 11 is 3.28. The van der Waals surface area contributed by atoms with Crippen LogP contribution in [0.3, 0.4) is 0 Å². The number of piperidine rings is 1. The van der Waals surface area contributed by atoms with E-state index in [1.165, 1.54) is 6.07 Å². The van der Waals surface area contributed by atoms with Crippen molar-refractivity contribution >= 4 is 33.6 Å². The molecule has 1 aromatic carbocycles. The molecular formula is C14H17BrN2O3. The summed E-state index contributed by atoms with van der Waals surface area (Å²) in [5.74, 6) is -0.582. The molecule has 0 spiro atoms. The van der Waals surface area contributed by atoms with E-state index in [0.717, 1.165) is 12.8 Å². The Kier molecular flexibility index (Phi) is 4.65. The van der Waals surface area contributed by atoms with E-state index in [2.05, 4.69) is 28.2 Å².